The van der Waals surface area contributed by atoms with Crippen LogP contribution in [-0.2, 0) is 6.42 Å². The number of benzene rings is 1. The van der Waals surface area contributed by atoms with Crippen LogP contribution in [0.25, 0.3) is 0 Å². The number of nitrogens with one attached hydrogen (secondary N) is 1. The summed E-state index contributed by atoms with van der Waals surface area (Å²) in [6.07, 6.45) is 0.360. The lowest BCUT2D eigenvalue weighted by molar-refractivity contribution is 0.100. The monoisotopic (exact) mass is 212 g/mol. The zero-order chi connectivity index (χ0) is 11.2. The molecule has 1 aromatic carbocycles. The molecule has 0 aromatic heterocycles. The normalized spacial score (nSPS) is 18.5. The van der Waals surface area contributed by atoms with E-state index < -0.39 is 17.5 Å². The second-order valence-corrected chi connectivity index (χ2v) is 3.69. The summed E-state index contributed by atoms with van der Waals surface area (Å²) < 4.78 is 26.5. The van der Waals surface area contributed by atoms with E-state index in [2.05, 4.69) is 5.32 Å². The molecule has 2 rings (SSSR count). The van der Waals surface area contributed by atoms with Crippen molar-refractivity contribution in [1.29, 1.82) is 0 Å². The van der Waals surface area contributed by atoms with Crippen molar-refractivity contribution < 1.29 is 13.6 Å². The van der Waals surface area contributed by atoms with Crippen molar-refractivity contribution in [2.45, 2.75) is 19.4 Å². The van der Waals surface area contributed by atoms with Crippen LogP contribution >= 0.6 is 0 Å². The first-order chi connectivity index (χ1) is 7.00. The van der Waals surface area contributed by atoms with E-state index in [1.807, 2.05) is 6.92 Å². The molecule has 15 heavy (non-hydrogen) atoms. The molecule has 3 N–H and O–H groups in total. The van der Waals surface area contributed by atoms with Gasteiger partial charge in [0.1, 0.15) is 0 Å². The van der Waals surface area contributed by atoms with Crippen LogP contribution in [0.1, 0.15) is 22.8 Å². The number of carbonyl (C=O) groups excluding carboxylic acids is 1. The third kappa shape index (κ3) is 1.44. The molecule has 0 radical (unpaired) electrons. The summed E-state index contributed by atoms with van der Waals surface area (Å²) in [5.74, 6) is -2.68. The standard InChI is InChI=1S/C10H10F2N2O/c1-4-2-5-8(12)7(11)3-6(10(13)15)9(5)14-4/h3-4,14H,2H2,1H3,(H2,13,15). The molecule has 0 aliphatic carbocycles. The summed E-state index contributed by atoms with van der Waals surface area (Å²) in [5.41, 5.74) is 5.62. The highest BCUT2D eigenvalue weighted by Gasteiger charge is 2.27. The van der Waals surface area contributed by atoms with Gasteiger partial charge in [0.2, 0.25) is 0 Å². The van der Waals surface area contributed by atoms with E-state index in [1.165, 1.54) is 0 Å². The number of fused-ring (bicyclic) bond motifs is 1. The molecule has 3 nitrogen and oxygen atoms in total. The lowest BCUT2D eigenvalue weighted by Gasteiger charge is -2.07. The Balaban J connectivity index is 2.66. The summed E-state index contributed by atoms with van der Waals surface area (Å²) in [7, 11) is 0. The average molecular weight is 212 g/mol. The van der Waals surface area contributed by atoms with Gasteiger partial charge < -0.3 is 11.1 Å². The van der Waals surface area contributed by atoms with E-state index in [1.54, 1.807) is 0 Å². The second kappa shape index (κ2) is 3.18. The van der Waals surface area contributed by atoms with Crippen LogP contribution in [0.4, 0.5) is 14.5 Å². The van der Waals surface area contributed by atoms with Gasteiger partial charge in [-0.05, 0) is 19.4 Å². The Hall–Kier alpha value is -1.65. The number of halogens is 2. The molecule has 1 aliphatic heterocycles. The lowest BCUT2D eigenvalue weighted by Crippen LogP contribution is -2.15. The van der Waals surface area contributed by atoms with Crippen LogP contribution in [0.5, 0.6) is 0 Å². The lowest BCUT2D eigenvalue weighted by atomic mass is 10.0. The molecule has 1 aliphatic rings. The molecule has 5 heteroatoms. The van der Waals surface area contributed by atoms with Crippen LogP contribution in [0.3, 0.4) is 0 Å². The Kier molecular flexibility index (Phi) is 2.10. The van der Waals surface area contributed by atoms with Crippen molar-refractivity contribution in [2.75, 3.05) is 5.32 Å². The van der Waals surface area contributed by atoms with Crippen LogP contribution < -0.4 is 11.1 Å². The van der Waals surface area contributed by atoms with Gasteiger partial charge >= 0.3 is 0 Å². The quantitative estimate of drug-likeness (QED) is 0.739. The van der Waals surface area contributed by atoms with Crippen molar-refractivity contribution in [1.82, 2.24) is 0 Å². The Morgan fingerprint density at radius 1 is 1.60 bits per heavy atom. The van der Waals surface area contributed by atoms with E-state index in [4.69, 9.17) is 5.73 Å². The molecule has 0 bridgehead atoms. The van der Waals surface area contributed by atoms with E-state index in [0.717, 1.165) is 6.07 Å². The van der Waals surface area contributed by atoms with Crippen molar-refractivity contribution in [3.8, 4) is 0 Å². The fraction of sp³-hybridized carbons (Fsp3) is 0.300. The number of primary amides is 1. The van der Waals surface area contributed by atoms with E-state index in [0.29, 0.717) is 12.1 Å². The van der Waals surface area contributed by atoms with E-state index in [9.17, 15) is 13.6 Å². The third-order valence-corrected chi connectivity index (χ3v) is 2.48. The minimum atomic E-state index is -1.03. The Labute approximate surface area is 85.3 Å². The first kappa shape index (κ1) is 9.89. The molecule has 0 spiro atoms. The number of carbonyl (C=O) groups is 1. The highest BCUT2D eigenvalue weighted by atomic mass is 19.2. The second-order valence-electron chi connectivity index (χ2n) is 3.69. The van der Waals surface area contributed by atoms with Crippen molar-refractivity contribution in [2.24, 2.45) is 5.73 Å². The van der Waals surface area contributed by atoms with Crippen molar-refractivity contribution in [3.05, 3.63) is 28.8 Å². The first-order valence-electron chi connectivity index (χ1n) is 4.58. The first-order valence-corrected chi connectivity index (χ1v) is 4.58. The van der Waals surface area contributed by atoms with Gasteiger partial charge in [-0.1, -0.05) is 0 Å². The number of hydrogen-bond acceptors (Lipinski definition) is 2. The Bertz CT molecular complexity index is 446. The topological polar surface area (TPSA) is 55.1 Å². The molecule has 1 heterocycles. The zero-order valence-electron chi connectivity index (χ0n) is 8.10. The van der Waals surface area contributed by atoms with Gasteiger partial charge in [-0.25, -0.2) is 8.78 Å². The summed E-state index contributed by atoms with van der Waals surface area (Å²) in [6.45, 7) is 1.82. The minimum Gasteiger partial charge on any atom is -0.381 e. The van der Waals surface area contributed by atoms with Gasteiger partial charge in [-0.2, -0.15) is 0 Å². The van der Waals surface area contributed by atoms with Gasteiger partial charge in [-0.15, -0.1) is 0 Å². The Morgan fingerprint density at radius 2 is 2.27 bits per heavy atom. The van der Waals surface area contributed by atoms with Gasteiger partial charge in [0.25, 0.3) is 5.91 Å². The number of amides is 1. The number of anilines is 1. The van der Waals surface area contributed by atoms with Crippen molar-refractivity contribution in [3.63, 3.8) is 0 Å². The maximum Gasteiger partial charge on any atom is 0.250 e. The number of hydrogen-bond donors (Lipinski definition) is 2. The number of nitrogens with two attached hydrogens (primary N) is 1. The molecule has 0 saturated heterocycles. The van der Waals surface area contributed by atoms with Gasteiger partial charge in [0, 0.05) is 11.6 Å². The highest BCUT2D eigenvalue weighted by molar-refractivity contribution is 5.99. The van der Waals surface area contributed by atoms with Crippen molar-refractivity contribution >= 4 is 11.6 Å². The van der Waals surface area contributed by atoms with Gasteiger partial charge in [-0.3, -0.25) is 4.79 Å². The Morgan fingerprint density at radius 3 is 2.87 bits per heavy atom. The molecule has 1 aromatic rings. The third-order valence-electron chi connectivity index (χ3n) is 2.48. The summed E-state index contributed by atoms with van der Waals surface area (Å²) >= 11 is 0. The summed E-state index contributed by atoms with van der Waals surface area (Å²) in [6, 6.07) is 0.816. The predicted molar refractivity (Wildman–Crippen MR) is 51.7 cm³/mol. The van der Waals surface area contributed by atoms with Crippen LogP contribution in [0, 0.1) is 11.6 Å². The average Bonchev–Trinajstić information content (AvgIpc) is 2.53. The van der Waals surface area contributed by atoms with Crippen LogP contribution in [0.15, 0.2) is 6.07 Å². The summed E-state index contributed by atoms with van der Waals surface area (Å²) in [4.78, 5) is 11.0. The molecular formula is C10H10F2N2O. The summed E-state index contributed by atoms with van der Waals surface area (Å²) in [5, 5.41) is 2.91. The minimum absolute atomic E-state index is 0.00764. The van der Waals surface area contributed by atoms with Crippen LogP contribution in [-0.4, -0.2) is 11.9 Å². The molecular weight excluding hydrogens is 202 g/mol. The van der Waals surface area contributed by atoms with Gasteiger partial charge in [0.15, 0.2) is 11.6 Å². The predicted octanol–water partition coefficient (Wildman–Crippen LogP) is 1.42. The van der Waals surface area contributed by atoms with Crippen LogP contribution in [0.2, 0.25) is 0 Å². The fourth-order valence-corrected chi connectivity index (χ4v) is 1.83. The smallest absolute Gasteiger partial charge is 0.250 e. The molecule has 1 unspecified atom stereocenters. The maximum atomic E-state index is 13.4. The maximum absolute atomic E-state index is 13.4. The zero-order valence-corrected chi connectivity index (χ0v) is 8.10. The highest BCUT2D eigenvalue weighted by Crippen LogP contribution is 2.32. The number of rotatable bonds is 1. The largest absolute Gasteiger partial charge is 0.381 e. The molecule has 1 atom stereocenters. The van der Waals surface area contributed by atoms with E-state index >= 15 is 0 Å². The molecule has 80 valence electrons. The van der Waals surface area contributed by atoms with E-state index in [-0.39, 0.29) is 17.2 Å². The van der Waals surface area contributed by atoms with Gasteiger partial charge in [0.05, 0.1) is 11.3 Å². The molecule has 1 amide bonds. The SMILES string of the molecule is CC1Cc2c(F)c(F)cc(C(N)=O)c2N1. The molecule has 0 saturated carbocycles. The molecule has 0 fully saturated rings. The fourth-order valence-electron chi connectivity index (χ4n) is 1.83.